The maximum absolute atomic E-state index is 11.9. The van der Waals surface area contributed by atoms with Crippen LogP contribution in [0.1, 0.15) is 33.1 Å². The average Bonchev–Trinajstić information content (AvgIpc) is 2.37. The number of nitrogens with zero attached hydrogens (tertiary/aromatic N) is 2. The van der Waals surface area contributed by atoms with Crippen molar-refractivity contribution >= 4 is 10.2 Å². The number of hydrogen-bond acceptors (Lipinski definition) is 4. The van der Waals surface area contributed by atoms with Crippen LogP contribution in [0.2, 0.25) is 0 Å². The molecule has 7 heteroatoms. The second-order valence-electron chi connectivity index (χ2n) is 5.46. The molecule has 0 aromatic carbocycles. The third-order valence-electron chi connectivity index (χ3n) is 3.41. The van der Waals surface area contributed by atoms with E-state index in [-0.39, 0.29) is 0 Å². The summed E-state index contributed by atoms with van der Waals surface area (Å²) in [5.41, 5.74) is 0. The zero-order chi connectivity index (χ0) is 15.6. The quantitative estimate of drug-likeness (QED) is 0.515. The van der Waals surface area contributed by atoms with Crippen LogP contribution in [0.3, 0.4) is 0 Å². The summed E-state index contributed by atoms with van der Waals surface area (Å²) in [7, 11) is 2.25. The second-order valence-corrected chi connectivity index (χ2v) is 7.32. The van der Waals surface area contributed by atoms with E-state index in [1.165, 1.54) is 4.31 Å². The first kappa shape index (κ1) is 19.8. The van der Waals surface area contributed by atoms with Gasteiger partial charge in [-0.1, -0.05) is 0 Å². The molecule has 20 heavy (non-hydrogen) atoms. The fourth-order valence-electron chi connectivity index (χ4n) is 1.65. The van der Waals surface area contributed by atoms with E-state index < -0.39 is 10.2 Å². The van der Waals surface area contributed by atoms with E-state index in [0.29, 0.717) is 19.1 Å². The summed E-state index contributed by atoms with van der Waals surface area (Å²) in [5, 5.41) is 3.01. The van der Waals surface area contributed by atoms with Gasteiger partial charge >= 0.3 is 0 Å². The lowest BCUT2D eigenvalue weighted by molar-refractivity contribution is 0.268. The molecule has 0 spiro atoms. The molecule has 6 nitrogen and oxygen atoms in total. The van der Waals surface area contributed by atoms with E-state index in [2.05, 4.69) is 35.8 Å². The molecule has 0 rings (SSSR count). The van der Waals surface area contributed by atoms with Crippen molar-refractivity contribution in [3.8, 4) is 0 Å². The highest BCUT2D eigenvalue weighted by Gasteiger charge is 2.15. The highest BCUT2D eigenvalue weighted by atomic mass is 32.2. The first-order chi connectivity index (χ1) is 9.31. The molecule has 0 amide bonds. The van der Waals surface area contributed by atoms with E-state index >= 15 is 0 Å². The topological polar surface area (TPSA) is 64.7 Å². The van der Waals surface area contributed by atoms with E-state index in [9.17, 15) is 8.42 Å². The Balaban J connectivity index is 3.82. The first-order valence-electron chi connectivity index (χ1n) is 7.37. The summed E-state index contributed by atoms with van der Waals surface area (Å²) in [6.45, 7) is 7.17. The minimum Gasteiger partial charge on any atom is -0.320 e. The van der Waals surface area contributed by atoms with E-state index in [4.69, 9.17) is 0 Å². The van der Waals surface area contributed by atoms with Crippen molar-refractivity contribution in [3.63, 3.8) is 0 Å². The molecule has 0 aromatic heterocycles. The molecule has 0 aromatic rings. The number of hydrogen-bond donors (Lipinski definition) is 2. The predicted molar refractivity (Wildman–Crippen MR) is 85.1 cm³/mol. The Kier molecular flexibility index (Phi) is 10.4. The van der Waals surface area contributed by atoms with Gasteiger partial charge < -0.3 is 10.2 Å². The van der Waals surface area contributed by atoms with E-state index in [1.54, 1.807) is 7.05 Å². The van der Waals surface area contributed by atoms with Gasteiger partial charge in [0.25, 0.3) is 10.2 Å². The molecule has 0 aliphatic heterocycles. The lowest BCUT2D eigenvalue weighted by Crippen LogP contribution is -2.39. The summed E-state index contributed by atoms with van der Waals surface area (Å²) in [4.78, 5) is 2.26. The molecule has 0 atom stereocenters. The summed E-state index contributed by atoms with van der Waals surface area (Å²) in [6.07, 6.45) is 2.68. The van der Waals surface area contributed by atoms with Crippen molar-refractivity contribution in [1.82, 2.24) is 19.2 Å². The Morgan fingerprint density at radius 2 is 1.65 bits per heavy atom. The normalized spacial score (nSPS) is 12.8. The third kappa shape index (κ3) is 8.86. The van der Waals surface area contributed by atoms with Crippen LogP contribution in [0.5, 0.6) is 0 Å². The number of rotatable bonds is 12. The van der Waals surface area contributed by atoms with Gasteiger partial charge in [0.15, 0.2) is 0 Å². The van der Waals surface area contributed by atoms with Crippen LogP contribution in [-0.4, -0.2) is 71.0 Å². The molecule has 0 bridgehead atoms. The standard InChI is InChI=1S/C13H32N4O2S/c1-13(2)16(4)11-7-6-10-15-20(18,19)17(5)12-8-9-14-3/h13-15H,6-12H2,1-5H3. The third-order valence-corrected chi connectivity index (χ3v) is 4.99. The molecule has 0 saturated carbocycles. The van der Waals surface area contributed by atoms with Gasteiger partial charge in [-0.05, 0) is 60.3 Å². The van der Waals surface area contributed by atoms with Gasteiger partial charge in [-0.25, -0.2) is 4.72 Å². The fourth-order valence-corrected chi connectivity index (χ4v) is 2.65. The lowest BCUT2D eigenvalue weighted by atomic mass is 10.2. The molecular weight excluding hydrogens is 276 g/mol. The monoisotopic (exact) mass is 308 g/mol. The van der Waals surface area contributed by atoms with Gasteiger partial charge in [0.05, 0.1) is 0 Å². The van der Waals surface area contributed by atoms with Crippen LogP contribution in [0, 0.1) is 0 Å². The lowest BCUT2D eigenvalue weighted by Gasteiger charge is -2.21. The molecule has 0 aliphatic rings. The minimum atomic E-state index is -3.32. The van der Waals surface area contributed by atoms with Crippen LogP contribution in [0.25, 0.3) is 0 Å². The molecular formula is C13H32N4O2S. The van der Waals surface area contributed by atoms with Crippen molar-refractivity contribution < 1.29 is 8.42 Å². The van der Waals surface area contributed by atoms with E-state index in [1.807, 2.05) is 7.05 Å². The van der Waals surface area contributed by atoms with Crippen molar-refractivity contribution in [2.45, 2.75) is 39.2 Å². The number of nitrogens with one attached hydrogen (secondary N) is 2. The SMILES string of the molecule is CNCCCN(C)S(=O)(=O)NCCCCN(C)C(C)C. The molecule has 0 fully saturated rings. The van der Waals surface area contributed by atoms with Gasteiger partial charge in [-0.15, -0.1) is 0 Å². The van der Waals surface area contributed by atoms with Crippen molar-refractivity contribution in [2.24, 2.45) is 0 Å². The first-order valence-corrected chi connectivity index (χ1v) is 8.81. The van der Waals surface area contributed by atoms with Crippen molar-refractivity contribution in [3.05, 3.63) is 0 Å². The Labute approximate surface area is 125 Å². The van der Waals surface area contributed by atoms with Gasteiger partial charge in [0.1, 0.15) is 0 Å². The van der Waals surface area contributed by atoms with E-state index in [0.717, 1.165) is 32.4 Å². The van der Waals surface area contributed by atoms with Crippen LogP contribution in [0.4, 0.5) is 0 Å². The van der Waals surface area contributed by atoms with Crippen molar-refractivity contribution in [2.75, 3.05) is 47.3 Å². The zero-order valence-electron chi connectivity index (χ0n) is 13.6. The average molecular weight is 308 g/mol. The highest BCUT2D eigenvalue weighted by Crippen LogP contribution is 1.99. The summed E-state index contributed by atoms with van der Waals surface area (Å²) in [5.74, 6) is 0. The molecule has 0 aliphatic carbocycles. The van der Waals surface area contributed by atoms with Crippen molar-refractivity contribution in [1.29, 1.82) is 0 Å². The molecule has 0 saturated heterocycles. The summed E-state index contributed by atoms with van der Waals surface area (Å²) in [6, 6.07) is 0.532. The number of unbranched alkanes of at least 4 members (excludes halogenated alkanes) is 1. The van der Waals surface area contributed by atoms with Crippen LogP contribution >= 0.6 is 0 Å². The Morgan fingerprint density at radius 3 is 2.20 bits per heavy atom. The maximum atomic E-state index is 11.9. The van der Waals surface area contributed by atoms with Crippen LogP contribution in [-0.2, 0) is 10.2 Å². The molecule has 0 unspecified atom stereocenters. The highest BCUT2D eigenvalue weighted by molar-refractivity contribution is 7.87. The second kappa shape index (κ2) is 10.5. The Hall–Kier alpha value is -0.210. The van der Waals surface area contributed by atoms with Crippen LogP contribution in [0.15, 0.2) is 0 Å². The fraction of sp³-hybridized carbons (Fsp3) is 1.00. The molecule has 122 valence electrons. The van der Waals surface area contributed by atoms with Crippen LogP contribution < -0.4 is 10.0 Å². The molecule has 0 heterocycles. The predicted octanol–water partition coefficient (Wildman–Crippen LogP) is 0.483. The smallest absolute Gasteiger partial charge is 0.279 e. The molecule has 2 N–H and O–H groups in total. The van der Waals surface area contributed by atoms with Gasteiger partial charge in [-0.3, -0.25) is 0 Å². The maximum Gasteiger partial charge on any atom is 0.279 e. The van der Waals surface area contributed by atoms with Gasteiger partial charge in [0.2, 0.25) is 0 Å². The van der Waals surface area contributed by atoms with Gasteiger partial charge in [0, 0.05) is 26.2 Å². The zero-order valence-corrected chi connectivity index (χ0v) is 14.5. The van der Waals surface area contributed by atoms with Gasteiger partial charge in [-0.2, -0.15) is 12.7 Å². The summed E-state index contributed by atoms with van der Waals surface area (Å²) >= 11 is 0. The Bertz CT molecular complexity index is 333. The minimum absolute atomic E-state index is 0.505. The molecule has 0 radical (unpaired) electrons. The largest absolute Gasteiger partial charge is 0.320 e. The Morgan fingerprint density at radius 1 is 1.00 bits per heavy atom. The summed E-state index contributed by atoms with van der Waals surface area (Å²) < 4.78 is 27.9.